The van der Waals surface area contributed by atoms with Crippen LogP contribution in [0.2, 0.25) is 0 Å². The highest BCUT2D eigenvalue weighted by Crippen LogP contribution is 2.11. The van der Waals surface area contributed by atoms with Gasteiger partial charge in [0.2, 0.25) is 5.91 Å². The fourth-order valence-corrected chi connectivity index (χ4v) is 0.688. The lowest BCUT2D eigenvalue weighted by Crippen LogP contribution is -2.42. The van der Waals surface area contributed by atoms with Crippen LogP contribution in [0.1, 0.15) is 0 Å². The van der Waals surface area contributed by atoms with Crippen LogP contribution >= 0.6 is 0 Å². The van der Waals surface area contributed by atoms with Crippen molar-refractivity contribution in [2.75, 3.05) is 19.6 Å². The second kappa shape index (κ2) is 6.59. The Morgan fingerprint density at radius 3 is 2.31 bits per heavy atom. The van der Waals surface area contributed by atoms with Crippen molar-refractivity contribution in [3.63, 3.8) is 0 Å². The third-order valence-corrected chi connectivity index (χ3v) is 1.41. The zero-order chi connectivity index (χ0) is 12.8. The smallest absolute Gasteiger partial charge is 0.385 e. The molecule has 1 amide bonds. The van der Waals surface area contributed by atoms with Crippen molar-refractivity contribution >= 4 is 5.91 Å². The van der Waals surface area contributed by atoms with Crippen molar-refractivity contribution < 1.29 is 31.9 Å². The van der Waals surface area contributed by atoms with Crippen LogP contribution in [0.3, 0.4) is 0 Å². The van der Waals surface area contributed by atoms with E-state index in [1.807, 2.05) is 5.32 Å². The van der Waals surface area contributed by atoms with E-state index >= 15 is 0 Å². The van der Waals surface area contributed by atoms with Crippen molar-refractivity contribution in [2.45, 2.75) is 18.7 Å². The average molecular weight is 250 g/mol. The normalized spacial score (nSPS) is 13.9. The minimum Gasteiger partial charge on any atom is -0.385 e. The van der Waals surface area contributed by atoms with Gasteiger partial charge in [0.15, 0.2) is 0 Å². The number of hydrogen-bond donors (Lipinski definition) is 3. The summed E-state index contributed by atoms with van der Waals surface area (Å²) in [6, 6.07) is 0. The van der Waals surface area contributed by atoms with Gasteiger partial charge in [-0.2, -0.15) is 13.2 Å². The Bertz CT molecular complexity index is 221. The van der Waals surface area contributed by atoms with Crippen LogP contribution < -0.4 is 10.6 Å². The number of aliphatic hydroxyl groups excluding tert-OH is 1. The van der Waals surface area contributed by atoms with Crippen molar-refractivity contribution in [3.05, 3.63) is 0 Å². The Labute approximate surface area is 87.8 Å². The van der Waals surface area contributed by atoms with Gasteiger partial charge in [0.1, 0.15) is 6.10 Å². The first-order chi connectivity index (χ1) is 7.22. The topological polar surface area (TPSA) is 61.4 Å². The van der Waals surface area contributed by atoms with Crippen molar-refractivity contribution in [2.24, 2.45) is 0 Å². The molecule has 0 fully saturated rings. The highest BCUT2D eigenvalue weighted by molar-refractivity contribution is 5.77. The highest BCUT2D eigenvalue weighted by Gasteiger charge is 2.26. The zero-order valence-electron chi connectivity index (χ0n) is 8.02. The Balaban J connectivity index is 3.60. The van der Waals surface area contributed by atoms with E-state index in [0.29, 0.717) is 0 Å². The lowest BCUT2D eigenvalue weighted by molar-refractivity contribution is -0.128. The second-order valence-corrected chi connectivity index (χ2v) is 2.92. The first-order valence-electron chi connectivity index (χ1n) is 4.23. The van der Waals surface area contributed by atoms with E-state index in [1.165, 1.54) is 0 Å². The molecule has 0 aromatic heterocycles. The average Bonchev–Trinajstić information content (AvgIpc) is 2.11. The molecule has 0 spiro atoms. The van der Waals surface area contributed by atoms with Crippen LogP contribution in [-0.4, -0.2) is 49.4 Å². The summed E-state index contributed by atoms with van der Waals surface area (Å²) in [6.45, 7) is -2.71. The molecule has 1 unspecified atom stereocenters. The van der Waals surface area contributed by atoms with Crippen LogP contribution in [0.15, 0.2) is 0 Å². The lowest BCUT2D eigenvalue weighted by Gasteiger charge is -2.11. The number of nitrogens with one attached hydrogen (secondary N) is 2. The van der Waals surface area contributed by atoms with Gasteiger partial charge in [0.25, 0.3) is 6.43 Å². The second-order valence-electron chi connectivity index (χ2n) is 2.92. The summed E-state index contributed by atoms with van der Waals surface area (Å²) in [5, 5.41) is 12.2. The monoisotopic (exact) mass is 250 g/mol. The van der Waals surface area contributed by atoms with Crippen molar-refractivity contribution in [1.29, 1.82) is 0 Å². The van der Waals surface area contributed by atoms with Crippen LogP contribution in [0.5, 0.6) is 0 Å². The molecule has 1 atom stereocenters. The molecule has 0 bridgehead atoms. The number of halogens is 5. The molecule has 0 saturated carbocycles. The van der Waals surface area contributed by atoms with Gasteiger partial charge >= 0.3 is 6.18 Å². The number of carbonyl (C=O) groups is 1. The van der Waals surface area contributed by atoms with E-state index in [2.05, 4.69) is 0 Å². The molecule has 0 radical (unpaired) electrons. The molecule has 9 heteroatoms. The van der Waals surface area contributed by atoms with E-state index in [-0.39, 0.29) is 0 Å². The van der Waals surface area contributed by atoms with Crippen molar-refractivity contribution in [3.8, 4) is 0 Å². The van der Waals surface area contributed by atoms with Crippen molar-refractivity contribution in [1.82, 2.24) is 10.6 Å². The maximum atomic E-state index is 11.7. The van der Waals surface area contributed by atoms with Gasteiger partial charge in [-0.3, -0.25) is 4.79 Å². The molecule has 0 saturated heterocycles. The molecular weight excluding hydrogens is 239 g/mol. The third-order valence-electron chi connectivity index (χ3n) is 1.41. The standard InChI is InChI=1S/C7H11F5N2O2/c8-6(9)4(15)1-14-5(16)2-13-3-7(10,11)12/h4,6,13,15H,1-3H2,(H,14,16). The molecule has 3 N–H and O–H groups in total. The zero-order valence-corrected chi connectivity index (χ0v) is 8.02. The number of aliphatic hydroxyl groups is 1. The summed E-state index contributed by atoms with van der Waals surface area (Å²) in [5.41, 5.74) is 0. The van der Waals surface area contributed by atoms with Crippen LogP contribution in [0.25, 0.3) is 0 Å². The van der Waals surface area contributed by atoms with Gasteiger partial charge < -0.3 is 15.7 Å². The van der Waals surface area contributed by atoms with E-state index in [9.17, 15) is 26.7 Å². The van der Waals surface area contributed by atoms with E-state index in [0.717, 1.165) is 0 Å². The molecule has 0 aliphatic heterocycles. The fraction of sp³-hybridized carbons (Fsp3) is 0.857. The van der Waals surface area contributed by atoms with Crippen LogP contribution in [-0.2, 0) is 4.79 Å². The van der Waals surface area contributed by atoms with E-state index in [4.69, 9.17) is 5.11 Å². The molecule has 96 valence electrons. The number of rotatable bonds is 6. The minimum absolute atomic E-state index is 0.657. The summed E-state index contributed by atoms with van der Waals surface area (Å²) < 4.78 is 58.2. The Morgan fingerprint density at radius 2 is 1.88 bits per heavy atom. The number of hydrogen-bond acceptors (Lipinski definition) is 3. The minimum atomic E-state index is -4.44. The Morgan fingerprint density at radius 1 is 1.31 bits per heavy atom. The molecular formula is C7H11F5N2O2. The number of alkyl halides is 5. The van der Waals surface area contributed by atoms with Gasteiger partial charge in [-0.1, -0.05) is 0 Å². The van der Waals surface area contributed by atoms with Gasteiger partial charge in [-0.25, -0.2) is 8.78 Å². The maximum absolute atomic E-state index is 11.7. The summed E-state index contributed by atoms with van der Waals surface area (Å²) in [6.07, 6.45) is -9.47. The van der Waals surface area contributed by atoms with Gasteiger partial charge in [-0.05, 0) is 0 Å². The molecule has 0 aliphatic carbocycles. The summed E-state index contributed by atoms with van der Waals surface area (Å²) >= 11 is 0. The maximum Gasteiger partial charge on any atom is 0.401 e. The SMILES string of the molecule is O=C(CNCC(F)(F)F)NCC(O)C(F)F. The first-order valence-corrected chi connectivity index (χ1v) is 4.23. The summed E-state index contributed by atoms with van der Waals surface area (Å²) in [7, 11) is 0. The lowest BCUT2D eigenvalue weighted by atomic mass is 10.3. The summed E-state index contributed by atoms with van der Waals surface area (Å²) in [5.74, 6) is -0.899. The quantitative estimate of drug-likeness (QED) is 0.576. The summed E-state index contributed by atoms with van der Waals surface area (Å²) in [4.78, 5) is 10.8. The Kier molecular flexibility index (Phi) is 6.19. The molecule has 4 nitrogen and oxygen atoms in total. The van der Waals surface area contributed by atoms with Crippen LogP contribution in [0.4, 0.5) is 22.0 Å². The highest BCUT2D eigenvalue weighted by atomic mass is 19.4. The number of amides is 1. The predicted molar refractivity (Wildman–Crippen MR) is 43.9 cm³/mol. The van der Waals surface area contributed by atoms with E-state index < -0.39 is 44.2 Å². The largest absolute Gasteiger partial charge is 0.401 e. The third kappa shape index (κ3) is 8.36. The predicted octanol–water partition coefficient (Wildman–Crippen LogP) is -0.119. The fourth-order valence-electron chi connectivity index (χ4n) is 0.688. The molecule has 0 heterocycles. The van der Waals surface area contributed by atoms with Gasteiger partial charge in [0.05, 0.1) is 13.1 Å². The van der Waals surface area contributed by atoms with Gasteiger partial charge in [-0.15, -0.1) is 0 Å². The molecule has 0 aromatic rings. The van der Waals surface area contributed by atoms with Crippen LogP contribution in [0, 0.1) is 0 Å². The molecule has 0 aliphatic rings. The first kappa shape index (κ1) is 15.0. The van der Waals surface area contributed by atoms with Gasteiger partial charge in [0, 0.05) is 6.54 Å². The Hall–Kier alpha value is -0.960. The molecule has 0 rings (SSSR count). The molecule has 16 heavy (non-hydrogen) atoms. The van der Waals surface area contributed by atoms with E-state index in [1.54, 1.807) is 5.32 Å². The number of carbonyl (C=O) groups excluding carboxylic acids is 1. The molecule has 0 aromatic carbocycles.